The van der Waals surface area contributed by atoms with E-state index in [9.17, 15) is 23.8 Å². The number of alkyl halides is 2. The van der Waals surface area contributed by atoms with Crippen LogP contribution < -0.4 is 15.0 Å². The molecule has 168 valence electrons. The lowest BCUT2D eigenvalue weighted by Gasteiger charge is -2.34. The molecule has 1 aliphatic carbocycles. The van der Waals surface area contributed by atoms with Crippen molar-refractivity contribution in [3.05, 3.63) is 58.8 Å². The van der Waals surface area contributed by atoms with E-state index in [2.05, 4.69) is 12.2 Å². The number of rotatable bonds is 5. The molecule has 6 nitrogen and oxygen atoms in total. The van der Waals surface area contributed by atoms with Crippen molar-refractivity contribution in [1.29, 1.82) is 0 Å². The number of nitrogens with zero attached hydrogens (tertiary/aromatic N) is 1. The average Bonchev–Trinajstić information content (AvgIpc) is 3.59. The SMILES string of the molecule is CC1CNCc2cc(-c3ccc4c(c3OC(F)F)N(C3CC3)C=C(C(=O)O)C4O)ccc21. The fraction of sp³-hybridized carbons (Fsp3) is 0.375. The number of hydrogen-bond donors (Lipinski definition) is 3. The molecule has 1 saturated carbocycles. The standard InChI is InChI=1S/C24H24F2N2O4/c1-12-9-27-10-14-8-13(2-5-16(12)14)17-6-7-18-20(22(17)32-24(25)26)28(15-3-4-15)11-19(21(18)29)23(30)31/h2,5-8,11-12,15,21,24,27,29H,3-4,9-10H2,1H3,(H,30,31). The van der Waals surface area contributed by atoms with Crippen LogP contribution in [0.4, 0.5) is 14.5 Å². The lowest BCUT2D eigenvalue weighted by molar-refractivity contribution is -0.133. The van der Waals surface area contributed by atoms with E-state index in [0.29, 0.717) is 23.7 Å². The van der Waals surface area contributed by atoms with Gasteiger partial charge >= 0.3 is 12.6 Å². The Balaban J connectivity index is 1.69. The number of benzene rings is 2. The van der Waals surface area contributed by atoms with Gasteiger partial charge in [-0.15, -0.1) is 0 Å². The summed E-state index contributed by atoms with van der Waals surface area (Å²) in [4.78, 5) is 13.3. The van der Waals surface area contributed by atoms with Gasteiger partial charge in [0.2, 0.25) is 0 Å². The number of ether oxygens (including phenoxy) is 1. The second-order valence-electron chi connectivity index (χ2n) is 8.63. The Bertz CT molecular complexity index is 1110. The second kappa shape index (κ2) is 7.86. The number of carbonyl (C=O) groups is 1. The average molecular weight is 442 g/mol. The molecular formula is C24H24F2N2O4. The first-order valence-corrected chi connectivity index (χ1v) is 10.7. The number of hydrogen-bond acceptors (Lipinski definition) is 5. The van der Waals surface area contributed by atoms with E-state index < -0.39 is 18.7 Å². The van der Waals surface area contributed by atoms with Crippen molar-refractivity contribution in [2.24, 2.45) is 0 Å². The summed E-state index contributed by atoms with van der Waals surface area (Å²) in [5, 5.41) is 23.6. The fourth-order valence-electron chi connectivity index (χ4n) is 4.71. The highest BCUT2D eigenvalue weighted by Gasteiger charge is 2.40. The first-order valence-electron chi connectivity index (χ1n) is 10.7. The summed E-state index contributed by atoms with van der Waals surface area (Å²) in [5.74, 6) is -0.931. The maximum atomic E-state index is 13.5. The van der Waals surface area contributed by atoms with Gasteiger partial charge in [0, 0.05) is 36.5 Å². The number of aliphatic hydroxyl groups excluding tert-OH is 1. The molecular weight excluding hydrogens is 418 g/mol. The number of halogens is 2. The number of anilines is 1. The van der Waals surface area contributed by atoms with Crippen LogP contribution in [0, 0.1) is 0 Å². The van der Waals surface area contributed by atoms with Gasteiger partial charge in [0.15, 0.2) is 5.75 Å². The van der Waals surface area contributed by atoms with Crippen molar-refractivity contribution in [3.8, 4) is 16.9 Å². The van der Waals surface area contributed by atoms with Crippen LogP contribution in [0.3, 0.4) is 0 Å². The predicted molar refractivity (Wildman–Crippen MR) is 115 cm³/mol. The molecule has 8 heteroatoms. The molecule has 2 heterocycles. The largest absolute Gasteiger partial charge is 0.478 e. The highest BCUT2D eigenvalue weighted by Crippen LogP contribution is 2.51. The van der Waals surface area contributed by atoms with E-state index >= 15 is 0 Å². The van der Waals surface area contributed by atoms with Crippen molar-refractivity contribution in [1.82, 2.24) is 5.32 Å². The Hall–Kier alpha value is -2.97. The summed E-state index contributed by atoms with van der Waals surface area (Å²) >= 11 is 0. The summed E-state index contributed by atoms with van der Waals surface area (Å²) < 4.78 is 32.1. The molecule has 2 aliphatic heterocycles. The number of aliphatic carboxylic acids is 1. The van der Waals surface area contributed by atoms with Crippen LogP contribution in [-0.2, 0) is 11.3 Å². The fourth-order valence-corrected chi connectivity index (χ4v) is 4.71. The van der Waals surface area contributed by atoms with Crippen LogP contribution in [0.15, 0.2) is 42.1 Å². The minimum atomic E-state index is -3.07. The van der Waals surface area contributed by atoms with Crippen LogP contribution in [-0.4, -0.2) is 35.4 Å². The summed E-state index contributed by atoms with van der Waals surface area (Å²) in [6.45, 7) is 0.650. The quantitative estimate of drug-likeness (QED) is 0.646. The molecule has 0 spiro atoms. The monoisotopic (exact) mass is 442 g/mol. The molecule has 0 bridgehead atoms. The molecule has 2 aromatic rings. The zero-order chi connectivity index (χ0) is 22.6. The normalized spacial score (nSPS) is 22.3. The van der Waals surface area contributed by atoms with Gasteiger partial charge in [0.25, 0.3) is 0 Å². The van der Waals surface area contributed by atoms with E-state index in [1.54, 1.807) is 17.0 Å². The molecule has 3 aliphatic rings. The zero-order valence-corrected chi connectivity index (χ0v) is 17.5. The van der Waals surface area contributed by atoms with E-state index in [1.165, 1.54) is 11.8 Å². The van der Waals surface area contributed by atoms with Crippen molar-refractivity contribution in [2.75, 3.05) is 11.4 Å². The third kappa shape index (κ3) is 3.53. The van der Waals surface area contributed by atoms with Gasteiger partial charge in [-0.05, 0) is 41.5 Å². The third-order valence-corrected chi connectivity index (χ3v) is 6.43. The molecule has 32 heavy (non-hydrogen) atoms. The smallest absolute Gasteiger partial charge is 0.387 e. The number of fused-ring (bicyclic) bond motifs is 2. The summed E-state index contributed by atoms with van der Waals surface area (Å²) in [6.07, 6.45) is 1.53. The van der Waals surface area contributed by atoms with E-state index in [1.807, 2.05) is 18.2 Å². The predicted octanol–water partition coefficient (Wildman–Crippen LogP) is 4.15. The maximum Gasteiger partial charge on any atom is 0.387 e. The first kappa shape index (κ1) is 20.9. The van der Waals surface area contributed by atoms with Gasteiger partial charge in [-0.2, -0.15) is 8.78 Å². The Morgan fingerprint density at radius 2 is 1.97 bits per heavy atom. The molecule has 0 saturated heterocycles. The maximum absolute atomic E-state index is 13.5. The number of carboxylic acids is 1. The van der Waals surface area contributed by atoms with Crippen LogP contribution in [0.25, 0.3) is 11.1 Å². The second-order valence-corrected chi connectivity index (χ2v) is 8.63. The zero-order valence-electron chi connectivity index (χ0n) is 17.5. The number of nitrogens with one attached hydrogen (secondary N) is 1. The molecule has 2 unspecified atom stereocenters. The van der Waals surface area contributed by atoms with Crippen molar-refractivity contribution < 1.29 is 28.5 Å². The van der Waals surface area contributed by atoms with Crippen LogP contribution in [0.2, 0.25) is 0 Å². The Labute approximate surface area is 184 Å². The van der Waals surface area contributed by atoms with Gasteiger partial charge in [0.05, 0.1) is 11.3 Å². The van der Waals surface area contributed by atoms with Crippen molar-refractivity contribution in [2.45, 2.75) is 51.0 Å². The van der Waals surface area contributed by atoms with E-state index in [4.69, 9.17) is 4.74 Å². The molecule has 2 aromatic carbocycles. The summed E-state index contributed by atoms with van der Waals surface area (Å²) in [5.41, 5.74) is 3.93. The van der Waals surface area contributed by atoms with E-state index in [0.717, 1.165) is 30.5 Å². The van der Waals surface area contributed by atoms with Crippen LogP contribution in [0.5, 0.6) is 5.75 Å². The van der Waals surface area contributed by atoms with Gasteiger partial charge in [0.1, 0.15) is 6.10 Å². The van der Waals surface area contributed by atoms with E-state index in [-0.39, 0.29) is 22.9 Å². The minimum absolute atomic E-state index is 0.0144. The molecule has 1 fully saturated rings. The van der Waals surface area contributed by atoms with Gasteiger partial charge in [-0.25, -0.2) is 4.79 Å². The summed E-state index contributed by atoms with van der Waals surface area (Å²) in [7, 11) is 0. The summed E-state index contributed by atoms with van der Waals surface area (Å²) in [6, 6.07) is 9.13. The topological polar surface area (TPSA) is 82.0 Å². The lowest BCUT2D eigenvalue weighted by atomic mass is 9.88. The highest BCUT2D eigenvalue weighted by atomic mass is 19.3. The lowest BCUT2D eigenvalue weighted by Crippen LogP contribution is -2.30. The van der Waals surface area contributed by atoms with Crippen molar-refractivity contribution in [3.63, 3.8) is 0 Å². The Morgan fingerprint density at radius 3 is 2.66 bits per heavy atom. The van der Waals surface area contributed by atoms with Gasteiger partial charge < -0.3 is 25.2 Å². The highest BCUT2D eigenvalue weighted by molar-refractivity contribution is 5.93. The number of carboxylic acid groups (broad SMARTS) is 1. The molecule has 2 atom stereocenters. The van der Waals surface area contributed by atoms with Crippen LogP contribution in [0.1, 0.15) is 48.5 Å². The van der Waals surface area contributed by atoms with Gasteiger partial charge in [-0.1, -0.05) is 31.2 Å². The van der Waals surface area contributed by atoms with Crippen LogP contribution >= 0.6 is 0 Å². The molecule has 3 N–H and O–H groups in total. The number of aliphatic hydroxyl groups is 1. The Morgan fingerprint density at radius 1 is 1.22 bits per heavy atom. The molecule has 0 radical (unpaired) electrons. The minimum Gasteiger partial charge on any atom is -0.478 e. The third-order valence-electron chi connectivity index (χ3n) is 6.43. The first-order chi connectivity index (χ1) is 15.3. The molecule has 0 amide bonds. The molecule has 5 rings (SSSR count). The van der Waals surface area contributed by atoms with Gasteiger partial charge in [-0.3, -0.25) is 0 Å². The van der Waals surface area contributed by atoms with Crippen molar-refractivity contribution >= 4 is 11.7 Å². The Kier molecular flexibility index (Phi) is 5.14. The molecule has 0 aromatic heterocycles.